The number of hydrogen-bond donors (Lipinski definition) is 1. The van der Waals surface area contributed by atoms with Gasteiger partial charge in [0, 0.05) is 19.8 Å². The number of nitrogens with one attached hydrogen (secondary N) is 1. The van der Waals surface area contributed by atoms with Crippen LogP contribution in [-0.2, 0) is 4.74 Å². The van der Waals surface area contributed by atoms with Crippen molar-refractivity contribution in [2.24, 2.45) is 11.3 Å². The molecule has 1 saturated carbocycles. The summed E-state index contributed by atoms with van der Waals surface area (Å²) in [6, 6.07) is 0.745. The van der Waals surface area contributed by atoms with Crippen molar-refractivity contribution in [3.8, 4) is 0 Å². The van der Waals surface area contributed by atoms with Crippen LogP contribution in [0.3, 0.4) is 0 Å². The summed E-state index contributed by atoms with van der Waals surface area (Å²) in [6.45, 7) is 9.04. The van der Waals surface area contributed by atoms with E-state index in [1.165, 1.54) is 32.2 Å². The van der Waals surface area contributed by atoms with E-state index in [4.69, 9.17) is 4.74 Å². The highest BCUT2D eigenvalue weighted by atomic mass is 16.5. The third-order valence-corrected chi connectivity index (χ3v) is 4.07. The van der Waals surface area contributed by atoms with Crippen LogP contribution in [0.25, 0.3) is 0 Å². The van der Waals surface area contributed by atoms with E-state index in [1.54, 1.807) is 0 Å². The molecule has 3 atom stereocenters. The van der Waals surface area contributed by atoms with E-state index in [0.717, 1.165) is 12.6 Å². The van der Waals surface area contributed by atoms with Gasteiger partial charge in [0.15, 0.2) is 0 Å². The highest BCUT2D eigenvalue weighted by Crippen LogP contribution is 2.43. The van der Waals surface area contributed by atoms with Gasteiger partial charge in [-0.25, -0.2) is 0 Å². The molecule has 0 spiro atoms. The van der Waals surface area contributed by atoms with Crippen molar-refractivity contribution >= 4 is 0 Å². The third-order valence-electron chi connectivity index (χ3n) is 4.07. The molecule has 0 aliphatic heterocycles. The van der Waals surface area contributed by atoms with Crippen molar-refractivity contribution in [2.45, 2.75) is 52.5 Å². The fourth-order valence-corrected chi connectivity index (χ4v) is 2.69. The maximum Gasteiger partial charge on any atom is 0.0493 e. The molecule has 1 fully saturated rings. The zero-order valence-electron chi connectivity index (χ0n) is 10.8. The maximum absolute atomic E-state index is 5.28. The summed E-state index contributed by atoms with van der Waals surface area (Å²) in [5.74, 6) is 0.677. The second-order valence-corrected chi connectivity index (χ2v) is 5.40. The fraction of sp³-hybridized carbons (Fsp3) is 1.00. The summed E-state index contributed by atoms with van der Waals surface area (Å²) in [5, 5.41) is 3.64. The molecule has 0 aromatic carbocycles. The van der Waals surface area contributed by atoms with E-state index < -0.39 is 0 Å². The van der Waals surface area contributed by atoms with Crippen molar-refractivity contribution in [1.29, 1.82) is 0 Å². The molecule has 0 aromatic heterocycles. The van der Waals surface area contributed by atoms with Crippen LogP contribution in [0.1, 0.15) is 46.5 Å². The normalized spacial score (nSPS) is 33.2. The third kappa shape index (κ3) is 3.46. The Kier molecular flexibility index (Phi) is 5.07. The highest BCUT2D eigenvalue weighted by molar-refractivity contribution is 4.92. The molecule has 2 nitrogen and oxygen atoms in total. The van der Waals surface area contributed by atoms with E-state index in [2.05, 4.69) is 26.1 Å². The first-order valence-corrected chi connectivity index (χ1v) is 6.34. The zero-order valence-corrected chi connectivity index (χ0v) is 10.8. The van der Waals surface area contributed by atoms with Crippen LogP contribution in [0.4, 0.5) is 0 Å². The molecular formula is C13H27NO. The molecular weight excluding hydrogens is 186 g/mol. The van der Waals surface area contributed by atoms with Gasteiger partial charge in [0.25, 0.3) is 0 Å². The Morgan fingerprint density at radius 2 is 2.27 bits per heavy atom. The van der Waals surface area contributed by atoms with Gasteiger partial charge >= 0.3 is 0 Å². The summed E-state index contributed by atoms with van der Waals surface area (Å²) in [7, 11) is 1.81. The standard InChI is InChI=1S/C13H27NO/c1-5-8-14-12-6-7-13(3,9-12)11(2)10-15-4/h11-12,14H,5-10H2,1-4H3. The van der Waals surface area contributed by atoms with Gasteiger partial charge in [-0.3, -0.25) is 0 Å². The zero-order chi connectivity index (χ0) is 11.3. The Balaban J connectivity index is 2.38. The van der Waals surface area contributed by atoms with Crippen LogP contribution in [0.15, 0.2) is 0 Å². The lowest BCUT2D eigenvalue weighted by molar-refractivity contribution is 0.0831. The average Bonchev–Trinajstić information content (AvgIpc) is 2.59. The molecule has 15 heavy (non-hydrogen) atoms. The highest BCUT2D eigenvalue weighted by Gasteiger charge is 2.38. The van der Waals surface area contributed by atoms with Gasteiger partial charge in [0.1, 0.15) is 0 Å². The number of methoxy groups -OCH3 is 1. The topological polar surface area (TPSA) is 21.3 Å². The Hall–Kier alpha value is -0.0800. The van der Waals surface area contributed by atoms with E-state index in [-0.39, 0.29) is 0 Å². The van der Waals surface area contributed by atoms with Gasteiger partial charge in [-0.15, -0.1) is 0 Å². The van der Waals surface area contributed by atoms with Crippen molar-refractivity contribution in [3.05, 3.63) is 0 Å². The van der Waals surface area contributed by atoms with Crippen LogP contribution >= 0.6 is 0 Å². The SMILES string of the molecule is CCCNC1CCC(C)(C(C)COC)C1. The molecule has 0 saturated heterocycles. The minimum absolute atomic E-state index is 0.488. The largest absolute Gasteiger partial charge is 0.384 e. The molecule has 0 amide bonds. The first-order valence-electron chi connectivity index (χ1n) is 6.34. The van der Waals surface area contributed by atoms with Crippen LogP contribution in [0, 0.1) is 11.3 Å². The number of hydrogen-bond acceptors (Lipinski definition) is 2. The number of rotatable bonds is 6. The molecule has 2 heteroatoms. The summed E-state index contributed by atoms with van der Waals surface area (Å²) in [6.07, 6.45) is 5.24. The van der Waals surface area contributed by atoms with Gasteiger partial charge in [-0.05, 0) is 43.6 Å². The first-order chi connectivity index (χ1) is 7.12. The van der Waals surface area contributed by atoms with E-state index in [9.17, 15) is 0 Å². The first kappa shape index (κ1) is 13.0. The van der Waals surface area contributed by atoms with Gasteiger partial charge in [-0.1, -0.05) is 20.8 Å². The maximum atomic E-state index is 5.28. The molecule has 3 unspecified atom stereocenters. The van der Waals surface area contributed by atoms with Gasteiger partial charge in [0.05, 0.1) is 0 Å². The van der Waals surface area contributed by atoms with E-state index in [0.29, 0.717) is 11.3 Å². The molecule has 0 heterocycles. The minimum Gasteiger partial charge on any atom is -0.384 e. The Labute approximate surface area is 94.8 Å². The van der Waals surface area contributed by atoms with Crippen LogP contribution in [-0.4, -0.2) is 26.3 Å². The molecule has 1 N–H and O–H groups in total. The molecule has 1 rings (SSSR count). The van der Waals surface area contributed by atoms with Gasteiger partial charge in [-0.2, -0.15) is 0 Å². The molecule has 1 aliphatic carbocycles. The Morgan fingerprint density at radius 3 is 2.87 bits per heavy atom. The second kappa shape index (κ2) is 5.86. The average molecular weight is 213 g/mol. The monoisotopic (exact) mass is 213 g/mol. The van der Waals surface area contributed by atoms with Crippen molar-refractivity contribution < 1.29 is 4.74 Å². The van der Waals surface area contributed by atoms with Gasteiger partial charge in [0.2, 0.25) is 0 Å². The molecule has 0 bridgehead atoms. The smallest absolute Gasteiger partial charge is 0.0493 e. The molecule has 0 radical (unpaired) electrons. The van der Waals surface area contributed by atoms with Crippen molar-refractivity contribution in [2.75, 3.05) is 20.3 Å². The lowest BCUT2D eigenvalue weighted by Gasteiger charge is -2.31. The Morgan fingerprint density at radius 1 is 1.53 bits per heavy atom. The minimum atomic E-state index is 0.488. The van der Waals surface area contributed by atoms with E-state index in [1.807, 2.05) is 7.11 Å². The predicted molar refractivity (Wildman–Crippen MR) is 65.1 cm³/mol. The second-order valence-electron chi connectivity index (χ2n) is 5.40. The predicted octanol–water partition coefficient (Wildman–Crippen LogP) is 2.83. The molecule has 0 aromatic rings. The lowest BCUT2D eigenvalue weighted by Crippen LogP contribution is -2.31. The summed E-state index contributed by atoms with van der Waals surface area (Å²) in [4.78, 5) is 0. The quantitative estimate of drug-likeness (QED) is 0.732. The summed E-state index contributed by atoms with van der Waals surface area (Å²) < 4.78 is 5.28. The Bertz CT molecular complexity index is 183. The fourth-order valence-electron chi connectivity index (χ4n) is 2.69. The van der Waals surface area contributed by atoms with Crippen molar-refractivity contribution in [3.63, 3.8) is 0 Å². The lowest BCUT2D eigenvalue weighted by atomic mass is 9.77. The van der Waals surface area contributed by atoms with Gasteiger partial charge < -0.3 is 10.1 Å². The van der Waals surface area contributed by atoms with E-state index >= 15 is 0 Å². The van der Waals surface area contributed by atoms with Crippen molar-refractivity contribution in [1.82, 2.24) is 5.32 Å². The molecule has 90 valence electrons. The van der Waals surface area contributed by atoms with Crippen LogP contribution in [0.2, 0.25) is 0 Å². The number of ether oxygens (including phenoxy) is 1. The van der Waals surface area contributed by atoms with Crippen LogP contribution in [0.5, 0.6) is 0 Å². The molecule has 1 aliphatic rings. The van der Waals surface area contributed by atoms with Crippen LogP contribution < -0.4 is 5.32 Å². The summed E-state index contributed by atoms with van der Waals surface area (Å²) in [5.41, 5.74) is 0.488. The summed E-state index contributed by atoms with van der Waals surface area (Å²) >= 11 is 0.